The molecule has 0 aliphatic heterocycles. The van der Waals surface area contributed by atoms with Crippen molar-refractivity contribution in [1.29, 1.82) is 5.26 Å². The van der Waals surface area contributed by atoms with Crippen molar-refractivity contribution in [2.75, 3.05) is 20.1 Å². The van der Waals surface area contributed by atoms with Gasteiger partial charge in [0.05, 0.1) is 6.07 Å². The van der Waals surface area contributed by atoms with Gasteiger partial charge in [0.25, 0.3) is 0 Å². The SMILES string of the molecule is CNC1(C#N)CCC(N(CC2CC2)CC2CC2)C1. The largest absolute Gasteiger partial charge is 0.302 e. The number of nitrogens with zero attached hydrogens (tertiary/aromatic N) is 2. The molecule has 0 saturated heterocycles. The van der Waals surface area contributed by atoms with Crippen molar-refractivity contribution in [3.8, 4) is 6.07 Å². The maximum atomic E-state index is 9.37. The fourth-order valence-electron chi connectivity index (χ4n) is 3.35. The zero-order valence-electron chi connectivity index (χ0n) is 11.5. The van der Waals surface area contributed by atoms with E-state index in [0.29, 0.717) is 6.04 Å². The summed E-state index contributed by atoms with van der Waals surface area (Å²) in [6.07, 6.45) is 8.99. The van der Waals surface area contributed by atoms with Gasteiger partial charge in [-0.2, -0.15) is 5.26 Å². The molecule has 0 amide bonds. The number of hydrogen-bond acceptors (Lipinski definition) is 3. The van der Waals surface area contributed by atoms with E-state index in [2.05, 4.69) is 16.3 Å². The number of hydrogen-bond donors (Lipinski definition) is 1. The van der Waals surface area contributed by atoms with Crippen LogP contribution in [0.5, 0.6) is 0 Å². The average Bonchev–Trinajstić information content (AvgIpc) is 3.31. The molecule has 18 heavy (non-hydrogen) atoms. The molecule has 1 N–H and O–H groups in total. The molecule has 100 valence electrons. The minimum atomic E-state index is -0.240. The molecule has 0 spiro atoms. The fourth-order valence-corrected chi connectivity index (χ4v) is 3.35. The Bertz CT molecular complexity index is 326. The average molecular weight is 247 g/mol. The van der Waals surface area contributed by atoms with E-state index in [-0.39, 0.29) is 5.54 Å². The lowest BCUT2D eigenvalue weighted by Gasteiger charge is -2.30. The lowest BCUT2D eigenvalue weighted by Crippen LogP contribution is -2.43. The smallest absolute Gasteiger partial charge is 0.108 e. The standard InChI is InChI=1S/C15H25N3/c1-17-15(11-16)7-6-14(8-15)18(9-12-2-3-12)10-13-4-5-13/h12-14,17H,2-10H2,1H3. The van der Waals surface area contributed by atoms with Crippen LogP contribution in [-0.2, 0) is 0 Å². The Hall–Kier alpha value is -0.590. The van der Waals surface area contributed by atoms with Gasteiger partial charge in [0.2, 0.25) is 0 Å². The number of rotatable bonds is 6. The molecule has 0 radical (unpaired) electrons. The van der Waals surface area contributed by atoms with Gasteiger partial charge in [-0.05, 0) is 63.8 Å². The van der Waals surface area contributed by atoms with Gasteiger partial charge >= 0.3 is 0 Å². The summed E-state index contributed by atoms with van der Waals surface area (Å²) in [5.41, 5.74) is -0.240. The minimum absolute atomic E-state index is 0.240. The molecule has 3 fully saturated rings. The summed E-state index contributed by atoms with van der Waals surface area (Å²) in [5.74, 6) is 1.94. The highest BCUT2D eigenvalue weighted by atomic mass is 15.2. The van der Waals surface area contributed by atoms with Gasteiger partial charge in [-0.25, -0.2) is 0 Å². The molecule has 3 aliphatic rings. The van der Waals surface area contributed by atoms with Crippen molar-refractivity contribution < 1.29 is 0 Å². The van der Waals surface area contributed by atoms with Gasteiger partial charge in [-0.3, -0.25) is 4.90 Å². The molecule has 3 nitrogen and oxygen atoms in total. The van der Waals surface area contributed by atoms with Crippen LogP contribution in [0.2, 0.25) is 0 Å². The molecule has 0 heterocycles. The van der Waals surface area contributed by atoms with Crippen molar-refractivity contribution in [1.82, 2.24) is 10.2 Å². The van der Waals surface area contributed by atoms with Gasteiger partial charge < -0.3 is 5.32 Å². The fraction of sp³-hybridized carbons (Fsp3) is 0.933. The zero-order chi connectivity index (χ0) is 12.6. The second kappa shape index (κ2) is 4.83. The van der Waals surface area contributed by atoms with Crippen LogP contribution in [0.25, 0.3) is 0 Å². The van der Waals surface area contributed by atoms with Gasteiger partial charge in [0, 0.05) is 19.1 Å². The van der Waals surface area contributed by atoms with E-state index in [1.165, 1.54) is 45.2 Å². The van der Waals surface area contributed by atoms with Crippen molar-refractivity contribution in [3.05, 3.63) is 0 Å². The highest BCUT2D eigenvalue weighted by Crippen LogP contribution is 2.39. The summed E-state index contributed by atoms with van der Waals surface area (Å²) >= 11 is 0. The topological polar surface area (TPSA) is 39.1 Å². The zero-order valence-corrected chi connectivity index (χ0v) is 11.5. The first-order chi connectivity index (χ1) is 8.74. The Morgan fingerprint density at radius 3 is 2.17 bits per heavy atom. The predicted molar refractivity (Wildman–Crippen MR) is 72.1 cm³/mol. The normalized spacial score (nSPS) is 35.9. The summed E-state index contributed by atoms with van der Waals surface area (Å²) in [6, 6.07) is 3.16. The first kappa shape index (κ1) is 12.4. The Morgan fingerprint density at radius 2 is 1.78 bits per heavy atom. The quantitative estimate of drug-likeness (QED) is 0.781. The van der Waals surface area contributed by atoms with Crippen molar-refractivity contribution in [2.45, 2.75) is 56.5 Å². The van der Waals surface area contributed by atoms with Crippen LogP contribution in [0.3, 0.4) is 0 Å². The Balaban J connectivity index is 1.61. The molecule has 3 aliphatic carbocycles. The number of nitriles is 1. The molecule has 0 aromatic heterocycles. The lowest BCUT2D eigenvalue weighted by molar-refractivity contribution is 0.177. The summed E-state index contributed by atoms with van der Waals surface area (Å²) in [7, 11) is 1.94. The molecular weight excluding hydrogens is 222 g/mol. The summed E-state index contributed by atoms with van der Waals surface area (Å²) in [6.45, 7) is 2.60. The van der Waals surface area contributed by atoms with Crippen LogP contribution < -0.4 is 5.32 Å². The van der Waals surface area contributed by atoms with Crippen molar-refractivity contribution in [2.24, 2.45) is 11.8 Å². The van der Waals surface area contributed by atoms with E-state index < -0.39 is 0 Å². The van der Waals surface area contributed by atoms with Crippen LogP contribution in [0.1, 0.15) is 44.9 Å². The van der Waals surface area contributed by atoms with Crippen LogP contribution in [0.4, 0.5) is 0 Å². The molecular formula is C15H25N3. The minimum Gasteiger partial charge on any atom is -0.302 e. The van der Waals surface area contributed by atoms with E-state index >= 15 is 0 Å². The highest BCUT2D eigenvalue weighted by molar-refractivity contribution is 5.13. The third kappa shape index (κ3) is 2.70. The van der Waals surface area contributed by atoms with Crippen molar-refractivity contribution >= 4 is 0 Å². The van der Waals surface area contributed by atoms with Gasteiger partial charge in [-0.1, -0.05) is 0 Å². The van der Waals surface area contributed by atoms with Crippen molar-refractivity contribution in [3.63, 3.8) is 0 Å². The number of nitrogens with one attached hydrogen (secondary N) is 1. The van der Waals surface area contributed by atoms with Gasteiger partial charge in [0.1, 0.15) is 5.54 Å². The molecule has 3 saturated carbocycles. The van der Waals surface area contributed by atoms with Crippen LogP contribution in [-0.4, -0.2) is 36.6 Å². The molecule has 0 bridgehead atoms. The summed E-state index contributed by atoms with van der Waals surface area (Å²) in [4.78, 5) is 2.73. The monoisotopic (exact) mass is 247 g/mol. The van der Waals surface area contributed by atoms with E-state index in [0.717, 1.165) is 24.7 Å². The second-order valence-electron chi connectivity index (χ2n) is 6.68. The third-order valence-corrected chi connectivity index (χ3v) is 5.08. The summed E-state index contributed by atoms with van der Waals surface area (Å²) in [5, 5.41) is 12.6. The van der Waals surface area contributed by atoms with Crippen LogP contribution in [0.15, 0.2) is 0 Å². The Kier molecular flexibility index (Phi) is 3.34. The second-order valence-corrected chi connectivity index (χ2v) is 6.68. The highest BCUT2D eigenvalue weighted by Gasteiger charge is 2.42. The molecule has 0 aromatic rings. The Morgan fingerprint density at radius 1 is 1.17 bits per heavy atom. The van der Waals surface area contributed by atoms with Gasteiger partial charge in [0.15, 0.2) is 0 Å². The predicted octanol–water partition coefficient (Wildman–Crippen LogP) is 2.14. The molecule has 2 unspecified atom stereocenters. The van der Waals surface area contributed by atoms with E-state index in [4.69, 9.17) is 0 Å². The molecule has 3 rings (SSSR count). The van der Waals surface area contributed by atoms with Gasteiger partial charge in [-0.15, -0.1) is 0 Å². The third-order valence-electron chi connectivity index (χ3n) is 5.08. The van der Waals surface area contributed by atoms with E-state index in [9.17, 15) is 5.26 Å². The van der Waals surface area contributed by atoms with Crippen LogP contribution in [0, 0.1) is 23.2 Å². The van der Waals surface area contributed by atoms with Crippen LogP contribution >= 0.6 is 0 Å². The molecule has 3 heteroatoms. The molecule has 0 aromatic carbocycles. The maximum Gasteiger partial charge on any atom is 0.108 e. The first-order valence-corrected chi connectivity index (χ1v) is 7.59. The molecule has 2 atom stereocenters. The van der Waals surface area contributed by atoms with E-state index in [1.807, 2.05) is 7.05 Å². The van der Waals surface area contributed by atoms with E-state index in [1.54, 1.807) is 0 Å². The lowest BCUT2D eigenvalue weighted by atomic mass is 9.99. The summed E-state index contributed by atoms with van der Waals surface area (Å²) < 4.78 is 0. The first-order valence-electron chi connectivity index (χ1n) is 7.59. The Labute approximate surface area is 111 Å². The maximum absolute atomic E-state index is 9.37.